The molecule has 0 aromatic carbocycles. The van der Waals surface area contributed by atoms with Gasteiger partial charge in [-0.1, -0.05) is 27.2 Å². The summed E-state index contributed by atoms with van der Waals surface area (Å²) in [4.78, 5) is 2.64. The number of aryl methyl sites for hydroxylation is 1. The van der Waals surface area contributed by atoms with E-state index in [0.29, 0.717) is 6.04 Å². The molecule has 1 aromatic rings. The fourth-order valence-corrected chi connectivity index (χ4v) is 3.17. The predicted octanol–water partition coefficient (Wildman–Crippen LogP) is 3.91. The monoisotopic (exact) mass is 277 g/mol. The van der Waals surface area contributed by atoms with E-state index in [1.807, 2.05) is 0 Å². The fourth-order valence-electron chi connectivity index (χ4n) is 3.17. The summed E-state index contributed by atoms with van der Waals surface area (Å²) >= 11 is 0. The third-order valence-electron chi connectivity index (χ3n) is 4.30. The zero-order chi connectivity index (χ0) is 14.4. The summed E-state index contributed by atoms with van der Waals surface area (Å²) < 4.78 is 2.22. The van der Waals surface area contributed by atoms with E-state index < -0.39 is 0 Å². The van der Waals surface area contributed by atoms with Gasteiger partial charge in [-0.25, -0.2) is 0 Å². The number of likely N-dealkylation sites (tertiary alicyclic amines) is 1. The normalized spacial score (nSPS) is 20.7. The Hall–Kier alpha value is -0.830. The van der Waals surface area contributed by atoms with Crippen LogP contribution in [0.2, 0.25) is 0 Å². The minimum absolute atomic E-state index is 0.591. The SMILES string of the molecule is CCCc1cnn(C2CCCN(CCCC(C)C)C2)c1. The first-order chi connectivity index (χ1) is 9.69. The van der Waals surface area contributed by atoms with E-state index in [9.17, 15) is 0 Å². The largest absolute Gasteiger partial charge is 0.301 e. The fraction of sp³-hybridized carbons (Fsp3) is 0.824. The lowest BCUT2D eigenvalue weighted by Crippen LogP contribution is -2.37. The minimum Gasteiger partial charge on any atom is -0.301 e. The summed E-state index contributed by atoms with van der Waals surface area (Å²) in [5.41, 5.74) is 1.39. The van der Waals surface area contributed by atoms with Crippen LogP contribution in [0.5, 0.6) is 0 Å². The molecule has 1 saturated heterocycles. The van der Waals surface area contributed by atoms with Crippen LogP contribution in [0.1, 0.15) is 64.5 Å². The molecule has 3 heteroatoms. The van der Waals surface area contributed by atoms with Gasteiger partial charge in [0.05, 0.1) is 12.2 Å². The van der Waals surface area contributed by atoms with E-state index in [2.05, 4.69) is 47.8 Å². The second-order valence-electron chi connectivity index (χ2n) is 6.71. The lowest BCUT2D eigenvalue weighted by atomic mass is 10.0. The Morgan fingerprint density at radius 1 is 1.40 bits per heavy atom. The van der Waals surface area contributed by atoms with Crippen LogP contribution in [0.15, 0.2) is 12.4 Å². The number of aromatic nitrogens is 2. The van der Waals surface area contributed by atoms with Gasteiger partial charge in [-0.3, -0.25) is 4.68 Å². The van der Waals surface area contributed by atoms with Crippen molar-refractivity contribution in [3.05, 3.63) is 18.0 Å². The molecule has 0 radical (unpaired) electrons. The van der Waals surface area contributed by atoms with Crippen LogP contribution in [-0.2, 0) is 6.42 Å². The Morgan fingerprint density at radius 3 is 3.00 bits per heavy atom. The van der Waals surface area contributed by atoms with Gasteiger partial charge in [-0.2, -0.15) is 5.10 Å². The van der Waals surface area contributed by atoms with Crippen molar-refractivity contribution in [2.24, 2.45) is 5.92 Å². The van der Waals surface area contributed by atoms with E-state index in [1.54, 1.807) is 0 Å². The van der Waals surface area contributed by atoms with Gasteiger partial charge in [0.15, 0.2) is 0 Å². The molecule has 1 aliphatic rings. The second-order valence-corrected chi connectivity index (χ2v) is 6.71. The Kier molecular flexibility index (Phi) is 6.08. The van der Waals surface area contributed by atoms with Gasteiger partial charge < -0.3 is 4.90 Å². The van der Waals surface area contributed by atoms with Crippen molar-refractivity contribution >= 4 is 0 Å². The summed E-state index contributed by atoms with van der Waals surface area (Å²) in [6.07, 6.45) is 12.0. The molecule has 1 aliphatic heterocycles. The van der Waals surface area contributed by atoms with Gasteiger partial charge in [-0.15, -0.1) is 0 Å². The first-order valence-electron chi connectivity index (χ1n) is 8.44. The maximum Gasteiger partial charge on any atom is 0.0646 e. The molecule has 0 amide bonds. The third kappa shape index (κ3) is 4.62. The highest BCUT2D eigenvalue weighted by molar-refractivity contribution is 5.04. The van der Waals surface area contributed by atoms with Crippen LogP contribution in [0.3, 0.4) is 0 Å². The molecule has 0 N–H and O–H groups in total. The molecule has 1 fully saturated rings. The number of hydrogen-bond acceptors (Lipinski definition) is 2. The molecule has 1 atom stereocenters. The van der Waals surface area contributed by atoms with Crippen molar-refractivity contribution in [2.45, 2.75) is 65.3 Å². The Bertz CT molecular complexity index is 383. The maximum absolute atomic E-state index is 4.59. The summed E-state index contributed by atoms with van der Waals surface area (Å²) in [6, 6.07) is 0.591. The minimum atomic E-state index is 0.591. The third-order valence-corrected chi connectivity index (χ3v) is 4.30. The van der Waals surface area contributed by atoms with Crippen LogP contribution in [0, 0.1) is 5.92 Å². The van der Waals surface area contributed by atoms with Crippen LogP contribution >= 0.6 is 0 Å². The van der Waals surface area contributed by atoms with Gasteiger partial charge >= 0.3 is 0 Å². The zero-order valence-electron chi connectivity index (χ0n) is 13.5. The summed E-state index contributed by atoms with van der Waals surface area (Å²) in [7, 11) is 0. The number of rotatable bonds is 7. The van der Waals surface area contributed by atoms with Gasteiger partial charge in [0.25, 0.3) is 0 Å². The number of nitrogens with zero attached hydrogens (tertiary/aromatic N) is 3. The zero-order valence-corrected chi connectivity index (χ0v) is 13.5. The highest BCUT2D eigenvalue weighted by atomic mass is 15.3. The first-order valence-corrected chi connectivity index (χ1v) is 8.44. The molecular weight excluding hydrogens is 246 g/mol. The van der Waals surface area contributed by atoms with Gasteiger partial charge in [0.2, 0.25) is 0 Å². The van der Waals surface area contributed by atoms with Crippen LogP contribution in [-0.4, -0.2) is 34.3 Å². The average molecular weight is 277 g/mol. The van der Waals surface area contributed by atoms with E-state index in [-0.39, 0.29) is 0 Å². The van der Waals surface area contributed by atoms with Crippen LogP contribution in [0.25, 0.3) is 0 Å². The van der Waals surface area contributed by atoms with Crippen molar-refractivity contribution in [1.82, 2.24) is 14.7 Å². The number of hydrogen-bond donors (Lipinski definition) is 0. The van der Waals surface area contributed by atoms with Gasteiger partial charge in [0, 0.05) is 12.7 Å². The molecule has 114 valence electrons. The smallest absolute Gasteiger partial charge is 0.0646 e. The van der Waals surface area contributed by atoms with Crippen molar-refractivity contribution in [1.29, 1.82) is 0 Å². The standard InChI is InChI=1S/C17H31N3/c1-4-7-16-12-18-20(13-16)17-9-6-11-19(14-17)10-5-8-15(2)3/h12-13,15,17H,4-11,14H2,1-3H3. The molecule has 2 rings (SSSR count). The quantitative estimate of drug-likeness (QED) is 0.753. The molecule has 0 aliphatic carbocycles. The van der Waals surface area contributed by atoms with E-state index >= 15 is 0 Å². The van der Waals surface area contributed by atoms with E-state index in [4.69, 9.17) is 0 Å². The van der Waals surface area contributed by atoms with Crippen molar-refractivity contribution in [3.8, 4) is 0 Å². The van der Waals surface area contributed by atoms with E-state index in [1.165, 1.54) is 57.3 Å². The Morgan fingerprint density at radius 2 is 2.25 bits per heavy atom. The summed E-state index contributed by atoms with van der Waals surface area (Å²) in [6.45, 7) is 10.6. The molecule has 2 heterocycles. The molecule has 1 aromatic heterocycles. The highest BCUT2D eigenvalue weighted by Gasteiger charge is 2.21. The lowest BCUT2D eigenvalue weighted by molar-refractivity contribution is 0.166. The average Bonchev–Trinajstić information content (AvgIpc) is 2.88. The number of piperidine rings is 1. The Balaban J connectivity index is 1.82. The molecular formula is C17H31N3. The summed E-state index contributed by atoms with van der Waals surface area (Å²) in [5, 5.41) is 4.59. The van der Waals surface area contributed by atoms with Gasteiger partial charge in [-0.05, 0) is 56.7 Å². The molecule has 20 heavy (non-hydrogen) atoms. The lowest BCUT2D eigenvalue weighted by Gasteiger charge is -2.33. The molecule has 1 unspecified atom stereocenters. The van der Waals surface area contributed by atoms with Crippen molar-refractivity contribution in [3.63, 3.8) is 0 Å². The van der Waals surface area contributed by atoms with E-state index in [0.717, 1.165) is 12.3 Å². The second kappa shape index (κ2) is 7.82. The Labute approximate surface area is 124 Å². The van der Waals surface area contributed by atoms with Crippen LogP contribution in [0.4, 0.5) is 0 Å². The molecule has 3 nitrogen and oxygen atoms in total. The van der Waals surface area contributed by atoms with Crippen molar-refractivity contribution < 1.29 is 0 Å². The highest BCUT2D eigenvalue weighted by Crippen LogP contribution is 2.22. The summed E-state index contributed by atoms with van der Waals surface area (Å²) in [5.74, 6) is 0.832. The molecule has 0 spiro atoms. The topological polar surface area (TPSA) is 21.1 Å². The van der Waals surface area contributed by atoms with Crippen LogP contribution < -0.4 is 0 Å². The van der Waals surface area contributed by atoms with Crippen molar-refractivity contribution in [2.75, 3.05) is 19.6 Å². The van der Waals surface area contributed by atoms with Gasteiger partial charge in [0.1, 0.15) is 0 Å². The predicted molar refractivity (Wildman–Crippen MR) is 85.0 cm³/mol. The molecule has 0 bridgehead atoms. The first kappa shape index (κ1) is 15.6. The maximum atomic E-state index is 4.59. The molecule has 0 saturated carbocycles.